The Morgan fingerprint density at radius 3 is 2.62 bits per heavy atom. The minimum atomic E-state index is -2.85. The number of ether oxygens (including phenoxy) is 2. The van der Waals surface area contributed by atoms with Gasteiger partial charge in [0, 0.05) is 17.8 Å². The highest BCUT2D eigenvalue weighted by atomic mass is 19.3. The molecule has 1 aliphatic heterocycles. The first-order valence-corrected chi connectivity index (χ1v) is 7.81. The van der Waals surface area contributed by atoms with E-state index < -0.39 is 12.3 Å². The fourth-order valence-electron chi connectivity index (χ4n) is 2.59. The molecular weight excluding hydrogens is 348 g/mol. The molecular formula is C17H13F2N3O4. The van der Waals surface area contributed by atoms with Crippen LogP contribution in [0.25, 0.3) is 11.5 Å². The molecule has 0 spiro atoms. The zero-order chi connectivity index (χ0) is 18.1. The average molecular weight is 361 g/mol. The Labute approximate surface area is 145 Å². The monoisotopic (exact) mass is 361 g/mol. The van der Waals surface area contributed by atoms with E-state index in [9.17, 15) is 13.6 Å². The summed E-state index contributed by atoms with van der Waals surface area (Å²) in [5.41, 5.74) is 0.823. The lowest BCUT2D eigenvalue weighted by Gasteiger charge is -2.19. The van der Waals surface area contributed by atoms with E-state index in [1.807, 2.05) is 12.1 Å². The van der Waals surface area contributed by atoms with Crippen molar-refractivity contribution in [2.75, 3.05) is 13.2 Å². The van der Waals surface area contributed by atoms with Crippen molar-refractivity contribution in [3.63, 3.8) is 0 Å². The number of hydrogen-bond acceptors (Lipinski definition) is 6. The summed E-state index contributed by atoms with van der Waals surface area (Å²) in [5.74, 6) is 0.419. The van der Waals surface area contributed by atoms with Gasteiger partial charge in [0.25, 0.3) is 11.4 Å². The largest absolute Gasteiger partial charge is 0.486 e. The summed E-state index contributed by atoms with van der Waals surface area (Å²) in [7, 11) is 0. The van der Waals surface area contributed by atoms with Gasteiger partial charge < -0.3 is 18.5 Å². The smallest absolute Gasteiger partial charge is 0.314 e. The highest BCUT2D eigenvalue weighted by Crippen LogP contribution is 2.31. The van der Waals surface area contributed by atoms with E-state index in [4.69, 9.17) is 13.9 Å². The Morgan fingerprint density at radius 1 is 1.08 bits per heavy atom. The van der Waals surface area contributed by atoms with Crippen LogP contribution in [0, 0.1) is 0 Å². The molecule has 0 aliphatic carbocycles. The van der Waals surface area contributed by atoms with Crippen LogP contribution < -0.4 is 15.0 Å². The lowest BCUT2D eigenvalue weighted by atomic mass is 10.2. The SMILES string of the molecule is O=c1cc(-c2nnc(C(F)F)o2)ccn1Cc1ccc2c(c1)OCCO2. The molecule has 3 aromatic rings. The molecule has 0 N–H and O–H groups in total. The lowest BCUT2D eigenvalue weighted by Crippen LogP contribution is -2.20. The maximum absolute atomic E-state index is 12.5. The van der Waals surface area contributed by atoms with Crippen LogP contribution in [0.1, 0.15) is 17.9 Å². The van der Waals surface area contributed by atoms with Gasteiger partial charge in [-0.25, -0.2) is 0 Å². The molecule has 0 radical (unpaired) electrons. The summed E-state index contributed by atoms with van der Waals surface area (Å²) in [4.78, 5) is 12.3. The molecule has 4 rings (SSSR count). The van der Waals surface area contributed by atoms with Crippen molar-refractivity contribution < 1.29 is 22.7 Å². The highest BCUT2D eigenvalue weighted by Gasteiger charge is 2.17. The predicted octanol–water partition coefficient (Wildman–Crippen LogP) is 2.66. The Kier molecular flexibility index (Phi) is 4.11. The van der Waals surface area contributed by atoms with Crippen LogP contribution in [0.3, 0.4) is 0 Å². The first-order chi connectivity index (χ1) is 12.6. The second-order valence-corrected chi connectivity index (χ2v) is 5.61. The highest BCUT2D eigenvalue weighted by molar-refractivity contribution is 5.51. The molecule has 2 aromatic heterocycles. The van der Waals surface area contributed by atoms with Crippen LogP contribution >= 0.6 is 0 Å². The van der Waals surface area contributed by atoms with E-state index in [1.165, 1.54) is 10.6 Å². The van der Waals surface area contributed by atoms with Crippen LogP contribution in [0.5, 0.6) is 11.5 Å². The molecule has 0 saturated carbocycles. The van der Waals surface area contributed by atoms with E-state index in [0.29, 0.717) is 31.3 Å². The zero-order valence-electron chi connectivity index (χ0n) is 13.4. The number of alkyl halides is 2. The van der Waals surface area contributed by atoms with Crippen molar-refractivity contribution in [2.24, 2.45) is 0 Å². The standard InChI is InChI=1S/C17H13F2N3O4/c18-15(19)17-21-20-16(26-17)11-3-4-22(14(23)8-11)9-10-1-2-12-13(7-10)25-6-5-24-12/h1-4,7-8,15H,5-6,9H2. The Balaban J connectivity index is 1.57. The molecule has 0 atom stereocenters. The fraction of sp³-hybridized carbons (Fsp3) is 0.235. The van der Waals surface area contributed by atoms with Gasteiger partial charge in [0.15, 0.2) is 11.5 Å². The molecule has 0 saturated heterocycles. The summed E-state index contributed by atoms with van der Waals surface area (Å²) in [6.07, 6.45) is -1.31. The van der Waals surface area contributed by atoms with Gasteiger partial charge in [0.2, 0.25) is 5.89 Å². The minimum absolute atomic E-state index is 0.121. The van der Waals surface area contributed by atoms with E-state index in [-0.39, 0.29) is 17.0 Å². The Morgan fingerprint density at radius 2 is 1.88 bits per heavy atom. The number of rotatable bonds is 4. The van der Waals surface area contributed by atoms with Crippen molar-refractivity contribution in [1.82, 2.24) is 14.8 Å². The number of benzene rings is 1. The first kappa shape index (κ1) is 16.2. The van der Waals surface area contributed by atoms with Crippen molar-refractivity contribution in [1.29, 1.82) is 0 Å². The second-order valence-electron chi connectivity index (χ2n) is 5.61. The van der Waals surface area contributed by atoms with Crippen LogP contribution in [0.4, 0.5) is 8.78 Å². The third-order valence-electron chi connectivity index (χ3n) is 3.83. The number of nitrogens with zero attached hydrogens (tertiary/aromatic N) is 3. The van der Waals surface area contributed by atoms with Crippen LogP contribution in [-0.2, 0) is 6.54 Å². The predicted molar refractivity (Wildman–Crippen MR) is 85.5 cm³/mol. The number of fused-ring (bicyclic) bond motifs is 1. The summed E-state index contributed by atoms with van der Waals surface area (Å²) in [6.45, 7) is 1.31. The van der Waals surface area contributed by atoms with Gasteiger partial charge in [-0.2, -0.15) is 8.78 Å². The summed E-state index contributed by atoms with van der Waals surface area (Å²) in [5, 5.41) is 6.79. The van der Waals surface area contributed by atoms with E-state index in [0.717, 1.165) is 5.56 Å². The van der Waals surface area contributed by atoms with Crippen molar-refractivity contribution in [2.45, 2.75) is 13.0 Å². The zero-order valence-corrected chi connectivity index (χ0v) is 13.4. The molecule has 0 unspecified atom stereocenters. The van der Waals surface area contributed by atoms with Gasteiger partial charge in [-0.1, -0.05) is 6.07 Å². The van der Waals surface area contributed by atoms with Gasteiger partial charge in [0.05, 0.1) is 6.54 Å². The third-order valence-corrected chi connectivity index (χ3v) is 3.83. The van der Waals surface area contributed by atoms with Crippen LogP contribution in [0.2, 0.25) is 0 Å². The number of hydrogen-bond donors (Lipinski definition) is 0. The van der Waals surface area contributed by atoms with E-state index >= 15 is 0 Å². The van der Waals surface area contributed by atoms with Crippen molar-refractivity contribution in [3.8, 4) is 23.0 Å². The van der Waals surface area contributed by atoms with E-state index in [2.05, 4.69) is 10.2 Å². The molecule has 3 heterocycles. The maximum Gasteiger partial charge on any atom is 0.314 e. The molecule has 1 aromatic carbocycles. The van der Waals surface area contributed by atoms with Crippen molar-refractivity contribution >= 4 is 0 Å². The van der Waals surface area contributed by atoms with E-state index in [1.54, 1.807) is 18.3 Å². The van der Waals surface area contributed by atoms with Gasteiger partial charge in [-0.05, 0) is 23.8 Å². The lowest BCUT2D eigenvalue weighted by molar-refractivity contribution is 0.116. The minimum Gasteiger partial charge on any atom is -0.486 e. The quantitative estimate of drug-likeness (QED) is 0.711. The Hall–Kier alpha value is -3.23. The molecule has 0 bridgehead atoms. The second kappa shape index (κ2) is 6.58. The van der Waals surface area contributed by atoms with Gasteiger partial charge in [0.1, 0.15) is 13.2 Å². The molecule has 26 heavy (non-hydrogen) atoms. The number of aromatic nitrogens is 3. The number of halogens is 2. The van der Waals surface area contributed by atoms with Gasteiger partial charge >= 0.3 is 6.43 Å². The summed E-state index contributed by atoms with van der Waals surface area (Å²) < 4.78 is 42.4. The molecule has 7 nitrogen and oxygen atoms in total. The molecule has 0 amide bonds. The molecule has 9 heteroatoms. The molecule has 134 valence electrons. The average Bonchev–Trinajstić information content (AvgIpc) is 3.14. The maximum atomic E-state index is 12.5. The topological polar surface area (TPSA) is 79.4 Å². The third kappa shape index (κ3) is 3.15. The van der Waals surface area contributed by atoms with Crippen LogP contribution in [0.15, 0.2) is 45.7 Å². The summed E-state index contributed by atoms with van der Waals surface area (Å²) >= 11 is 0. The first-order valence-electron chi connectivity index (χ1n) is 7.81. The fourth-order valence-corrected chi connectivity index (χ4v) is 2.59. The van der Waals surface area contributed by atoms with Gasteiger partial charge in [-0.3, -0.25) is 4.79 Å². The molecule has 1 aliphatic rings. The number of pyridine rings is 1. The van der Waals surface area contributed by atoms with Gasteiger partial charge in [-0.15, -0.1) is 10.2 Å². The summed E-state index contributed by atoms with van der Waals surface area (Å²) in [6, 6.07) is 8.29. The van der Waals surface area contributed by atoms with Crippen LogP contribution in [-0.4, -0.2) is 28.0 Å². The normalized spacial score (nSPS) is 13.2. The Bertz CT molecular complexity index is 1000. The van der Waals surface area contributed by atoms with Crippen molar-refractivity contribution in [3.05, 3.63) is 58.3 Å². The molecule has 0 fully saturated rings.